The van der Waals surface area contributed by atoms with E-state index in [4.69, 9.17) is 4.74 Å². The van der Waals surface area contributed by atoms with Crippen molar-refractivity contribution in [1.29, 1.82) is 0 Å². The van der Waals surface area contributed by atoms with Gasteiger partial charge in [0.05, 0.1) is 5.71 Å². The highest BCUT2D eigenvalue weighted by Gasteiger charge is 2.20. The van der Waals surface area contributed by atoms with Crippen molar-refractivity contribution >= 4 is 17.5 Å². The van der Waals surface area contributed by atoms with Gasteiger partial charge in [0.2, 0.25) is 5.16 Å². The molecular weight excluding hydrogens is 351 g/mol. The first kappa shape index (κ1) is 16.8. The van der Waals surface area contributed by atoms with Gasteiger partial charge in [0, 0.05) is 5.75 Å². The second-order valence-corrected chi connectivity index (χ2v) is 7.05. The summed E-state index contributed by atoms with van der Waals surface area (Å²) in [5.74, 6) is 1.87. The maximum Gasteiger partial charge on any atom is 0.212 e. The quantitative estimate of drug-likeness (QED) is 0.699. The third-order valence-electron chi connectivity index (χ3n) is 4.11. The van der Waals surface area contributed by atoms with Crippen LogP contribution in [0.15, 0.2) is 52.7 Å². The van der Waals surface area contributed by atoms with Crippen LogP contribution in [0, 0.1) is 19.7 Å². The zero-order chi connectivity index (χ0) is 18.1. The second kappa shape index (κ2) is 6.92. The first-order valence-electron chi connectivity index (χ1n) is 8.21. The highest BCUT2D eigenvalue weighted by atomic mass is 32.2. The largest absolute Gasteiger partial charge is 0.485 e. The number of hydrogen-bond donors (Lipinski definition) is 0. The van der Waals surface area contributed by atoms with Gasteiger partial charge in [-0.15, -0.1) is 10.2 Å². The zero-order valence-corrected chi connectivity index (χ0v) is 15.3. The van der Waals surface area contributed by atoms with E-state index in [1.165, 1.54) is 12.1 Å². The summed E-state index contributed by atoms with van der Waals surface area (Å²) in [6, 6.07) is 12.4. The minimum Gasteiger partial charge on any atom is -0.485 e. The SMILES string of the molecule is Cc1ccc(C)c(OCc2nnc3n2N=C(c2ccc(F)cc2)CS3)c1. The Hall–Kier alpha value is -2.67. The predicted molar refractivity (Wildman–Crippen MR) is 99.3 cm³/mol. The molecule has 0 spiro atoms. The van der Waals surface area contributed by atoms with E-state index in [0.29, 0.717) is 11.6 Å². The Balaban J connectivity index is 1.58. The smallest absolute Gasteiger partial charge is 0.212 e. The van der Waals surface area contributed by atoms with Gasteiger partial charge in [-0.3, -0.25) is 0 Å². The number of ether oxygens (including phenoxy) is 1. The Labute approximate surface area is 154 Å². The minimum atomic E-state index is -0.259. The van der Waals surface area contributed by atoms with Gasteiger partial charge in [0.25, 0.3) is 0 Å². The Kier molecular flexibility index (Phi) is 4.46. The van der Waals surface area contributed by atoms with Gasteiger partial charge in [0.1, 0.15) is 18.2 Å². The summed E-state index contributed by atoms with van der Waals surface area (Å²) in [6.07, 6.45) is 0. The van der Waals surface area contributed by atoms with E-state index >= 15 is 0 Å². The molecule has 0 amide bonds. The molecule has 1 aromatic heterocycles. The lowest BCUT2D eigenvalue weighted by Crippen LogP contribution is -2.15. The van der Waals surface area contributed by atoms with Crippen LogP contribution in [0.2, 0.25) is 0 Å². The summed E-state index contributed by atoms with van der Waals surface area (Å²) in [7, 11) is 0. The van der Waals surface area contributed by atoms with Crippen LogP contribution in [0.5, 0.6) is 5.75 Å². The van der Waals surface area contributed by atoms with Crippen molar-refractivity contribution in [2.75, 3.05) is 5.75 Å². The first-order valence-corrected chi connectivity index (χ1v) is 9.19. The molecule has 0 bridgehead atoms. The highest BCUT2D eigenvalue weighted by Crippen LogP contribution is 2.25. The Bertz CT molecular complexity index is 982. The molecule has 1 aliphatic rings. The fourth-order valence-corrected chi connectivity index (χ4v) is 3.50. The average molecular weight is 368 g/mol. The van der Waals surface area contributed by atoms with Gasteiger partial charge in [-0.05, 0) is 48.7 Å². The lowest BCUT2D eigenvalue weighted by molar-refractivity contribution is 0.287. The molecular formula is C19H17FN4OS. The lowest BCUT2D eigenvalue weighted by Gasteiger charge is -2.14. The molecule has 1 aliphatic heterocycles. The van der Waals surface area contributed by atoms with E-state index in [2.05, 4.69) is 21.4 Å². The first-order chi connectivity index (χ1) is 12.6. The summed E-state index contributed by atoms with van der Waals surface area (Å²) in [4.78, 5) is 0. The summed E-state index contributed by atoms with van der Waals surface area (Å²) in [5.41, 5.74) is 3.95. The molecule has 5 nitrogen and oxygen atoms in total. The summed E-state index contributed by atoms with van der Waals surface area (Å²) >= 11 is 1.55. The van der Waals surface area contributed by atoms with Crippen LogP contribution in [0.1, 0.15) is 22.5 Å². The van der Waals surface area contributed by atoms with E-state index in [9.17, 15) is 4.39 Å². The van der Waals surface area contributed by atoms with Crippen LogP contribution in [-0.2, 0) is 6.61 Å². The molecule has 0 unspecified atom stereocenters. The molecule has 26 heavy (non-hydrogen) atoms. The fourth-order valence-electron chi connectivity index (χ4n) is 2.65. The molecule has 0 radical (unpaired) electrons. The molecule has 0 fully saturated rings. The molecule has 4 rings (SSSR count). The van der Waals surface area contributed by atoms with E-state index in [-0.39, 0.29) is 12.4 Å². The monoisotopic (exact) mass is 368 g/mol. The van der Waals surface area contributed by atoms with Crippen molar-refractivity contribution < 1.29 is 9.13 Å². The number of benzene rings is 2. The van der Waals surface area contributed by atoms with Gasteiger partial charge in [-0.1, -0.05) is 36.0 Å². The van der Waals surface area contributed by atoms with Crippen molar-refractivity contribution in [2.45, 2.75) is 25.6 Å². The van der Waals surface area contributed by atoms with Crippen molar-refractivity contribution in [3.05, 3.63) is 70.8 Å². The number of aromatic nitrogens is 3. The number of aryl methyl sites for hydroxylation is 2. The number of thioether (sulfide) groups is 1. The number of fused-ring (bicyclic) bond motifs is 1. The van der Waals surface area contributed by atoms with E-state index in [1.807, 2.05) is 26.0 Å². The van der Waals surface area contributed by atoms with Crippen LogP contribution in [-0.4, -0.2) is 26.3 Å². The van der Waals surface area contributed by atoms with Crippen molar-refractivity contribution in [3.63, 3.8) is 0 Å². The maximum atomic E-state index is 13.1. The van der Waals surface area contributed by atoms with Crippen molar-refractivity contribution in [1.82, 2.24) is 14.9 Å². The van der Waals surface area contributed by atoms with Crippen molar-refractivity contribution in [3.8, 4) is 5.75 Å². The topological polar surface area (TPSA) is 52.3 Å². The van der Waals surface area contributed by atoms with Crippen LogP contribution in [0.25, 0.3) is 0 Å². The van der Waals surface area contributed by atoms with E-state index in [1.54, 1.807) is 28.6 Å². The number of hydrogen-bond acceptors (Lipinski definition) is 5. The molecule has 0 atom stereocenters. The number of nitrogens with zero attached hydrogens (tertiary/aromatic N) is 4. The summed E-state index contributed by atoms with van der Waals surface area (Å²) in [5, 5.41) is 13.8. The van der Waals surface area contributed by atoms with Crippen LogP contribution < -0.4 is 4.74 Å². The third kappa shape index (κ3) is 3.35. The fraction of sp³-hybridized carbons (Fsp3) is 0.211. The number of halogens is 1. The van der Waals surface area contributed by atoms with Crippen LogP contribution in [0.3, 0.4) is 0 Å². The van der Waals surface area contributed by atoms with E-state index < -0.39 is 0 Å². The summed E-state index contributed by atoms with van der Waals surface area (Å²) in [6.45, 7) is 4.31. The van der Waals surface area contributed by atoms with Gasteiger partial charge in [0.15, 0.2) is 5.82 Å². The minimum absolute atomic E-state index is 0.259. The zero-order valence-electron chi connectivity index (χ0n) is 14.4. The predicted octanol–water partition coefficient (Wildman–Crippen LogP) is 3.97. The molecule has 3 aromatic rings. The second-order valence-electron chi connectivity index (χ2n) is 6.11. The lowest BCUT2D eigenvalue weighted by atomic mass is 10.1. The Morgan fingerprint density at radius 3 is 2.73 bits per heavy atom. The third-order valence-corrected chi connectivity index (χ3v) is 5.04. The highest BCUT2D eigenvalue weighted by molar-refractivity contribution is 7.99. The Morgan fingerprint density at radius 2 is 1.92 bits per heavy atom. The molecule has 7 heteroatoms. The van der Waals surface area contributed by atoms with Gasteiger partial charge in [-0.25, -0.2) is 4.39 Å². The molecule has 2 heterocycles. The summed E-state index contributed by atoms with van der Waals surface area (Å²) < 4.78 is 20.8. The van der Waals surface area contributed by atoms with Crippen LogP contribution in [0.4, 0.5) is 4.39 Å². The van der Waals surface area contributed by atoms with Gasteiger partial charge < -0.3 is 4.74 Å². The van der Waals surface area contributed by atoms with Crippen LogP contribution >= 0.6 is 11.8 Å². The van der Waals surface area contributed by atoms with Crippen molar-refractivity contribution in [2.24, 2.45) is 5.10 Å². The Morgan fingerprint density at radius 1 is 1.12 bits per heavy atom. The molecule has 0 saturated heterocycles. The normalized spacial score (nSPS) is 13.3. The van der Waals surface area contributed by atoms with E-state index in [0.717, 1.165) is 33.3 Å². The maximum absolute atomic E-state index is 13.1. The van der Waals surface area contributed by atoms with Gasteiger partial charge >= 0.3 is 0 Å². The number of rotatable bonds is 4. The molecule has 132 valence electrons. The molecule has 0 aliphatic carbocycles. The standard InChI is InChI=1S/C19H17FN4OS/c1-12-3-4-13(2)17(9-12)25-10-18-21-22-19-24(18)23-16(11-26-19)14-5-7-15(20)8-6-14/h3-9H,10-11H2,1-2H3. The average Bonchev–Trinajstić information content (AvgIpc) is 3.05. The van der Waals surface area contributed by atoms with Gasteiger partial charge in [-0.2, -0.15) is 9.78 Å². The molecule has 0 saturated carbocycles. The molecule has 2 aromatic carbocycles. The molecule has 0 N–H and O–H groups in total.